The van der Waals surface area contributed by atoms with Crippen molar-refractivity contribution in [1.29, 1.82) is 0 Å². The first kappa shape index (κ1) is 10.5. The molecule has 0 bridgehead atoms. The summed E-state index contributed by atoms with van der Waals surface area (Å²) in [6.45, 7) is 0. The summed E-state index contributed by atoms with van der Waals surface area (Å²) < 4.78 is 15.9. The molecule has 0 aliphatic carbocycles. The molecular formula is C17H9N3O2. The lowest BCUT2D eigenvalue weighted by Crippen LogP contribution is -1.84. The van der Waals surface area contributed by atoms with E-state index >= 15 is 0 Å². The van der Waals surface area contributed by atoms with Crippen LogP contribution in [0, 0.1) is 0 Å². The van der Waals surface area contributed by atoms with Crippen molar-refractivity contribution in [3.63, 3.8) is 0 Å². The topological polar surface area (TPSA) is 48.0 Å². The van der Waals surface area contributed by atoms with Gasteiger partial charge < -0.3 is 8.83 Å². The zero-order valence-electron chi connectivity index (χ0n) is 11.4. The molecule has 5 nitrogen and oxygen atoms in total. The lowest BCUT2D eigenvalue weighted by molar-refractivity contribution is 0.602. The van der Waals surface area contributed by atoms with Crippen molar-refractivity contribution in [3.8, 4) is 0 Å². The highest BCUT2D eigenvalue weighted by molar-refractivity contribution is 6.21. The smallest absolute Gasteiger partial charge is 0.219 e. The third-order valence-electron chi connectivity index (χ3n) is 4.32. The van der Waals surface area contributed by atoms with Crippen molar-refractivity contribution < 1.29 is 8.83 Å². The van der Waals surface area contributed by atoms with Gasteiger partial charge in [0.1, 0.15) is 23.0 Å². The van der Waals surface area contributed by atoms with Gasteiger partial charge in [-0.25, -0.2) is 4.98 Å². The summed E-state index contributed by atoms with van der Waals surface area (Å²) in [5.74, 6) is 0.857. The molecule has 0 spiro atoms. The molecule has 4 heterocycles. The van der Waals surface area contributed by atoms with Crippen molar-refractivity contribution in [2.24, 2.45) is 0 Å². The van der Waals surface area contributed by atoms with Gasteiger partial charge in [0.25, 0.3) is 0 Å². The molecule has 22 heavy (non-hydrogen) atoms. The average molecular weight is 287 g/mol. The van der Waals surface area contributed by atoms with Crippen LogP contribution in [0.5, 0.6) is 0 Å². The number of nitrogens with zero attached hydrogens (tertiary/aromatic N) is 3. The Morgan fingerprint density at radius 3 is 2.77 bits per heavy atom. The van der Waals surface area contributed by atoms with Gasteiger partial charge in [0, 0.05) is 18.6 Å². The van der Waals surface area contributed by atoms with E-state index in [1.54, 1.807) is 12.5 Å². The van der Waals surface area contributed by atoms with Crippen molar-refractivity contribution in [2.75, 3.05) is 0 Å². The minimum atomic E-state index is 0.810. The third kappa shape index (κ3) is 1.03. The molecule has 0 radical (unpaired) electrons. The molecule has 0 saturated carbocycles. The van der Waals surface area contributed by atoms with E-state index in [0.29, 0.717) is 0 Å². The fourth-order valence-electron chi connectivity index (χ4n) is 3.45. The Morgan fingerprint density at radius 2 is 1.77 bits per heavy atom. The van der Waals surface area contributed by atoms with E-state index in [-0.39, 0.29) is 0 Å². The fourth-order valence-corrected chi connectivity index (χ4v) is 3.45. The van der Waals surface area contributed by atoms with E-state index in [1.165, 1.54) is 0 Å². The highest BCUT2D eigenvalue weighted by Crippen LogP contribution is 2.37. The Morgan fingerprint density at radius 1 is 0.864 bits per heavy atom. The molecule has 4 aromatic heterocycles. The highest BCUT2D eigenvalue weighted by atomic mass is 16.3. The van der Waals surface area contributed by atoms with Crippen molar-refractivity contribution in [2.45, 2.75) is 0 Å². The quantitative estimate of drug-likeness (QED) is 0.420. The van der Waals surface area contributed by atoms with E-state index in [0.717, 1.165) is 44.3 Å². The molecule has 104 valence electrons. The van der Waals surface area contributed by atoms with Crippen LogP contribution in [0.3, 0.4) is 0 Å². The summed E-state index contributed by atoms with van der Waals surface area (Å²) in [5, 5.41) is 2.08. The second kappa shape index (κ2) is 3.33. The predicted octanol–water partition coefficient (Wildman–Crippen LogP) is 4.23. The van der Waals surface area contributed by atoms with Gasteiger partial charge in [0.15, 0.2) is 0 Å². The molecule has 0 atom stereocenters. The molecule has 0 N–H and O–H groups in total. The first-order valence-electron chi connectivity index (χ1n) is 7.06. The van der Waals surface area contributed by atoms with E-state index in [9.17, 15) is 0 Å². The van der Waals surface area contributed by atoms with E-state index in [4.69, 9.17) is 8.83 Å². The summed E-state index contributed by atoms with van der Waals surface area (Å²) in [4.78, 5) is 4.45. The van der Waals surface area contributed by atoms with Gasteiger partial charge in [-0.05, 0) is 24.3 Å². The molecule has 0 amide bonds. The van der Waals surface area contributed by atoms with Crippen LogP contribution in [-0.2, 0) is 0 Å². The van der Waals surface area contributed by atoms with Crippen LogP contribution in [0.2, 0.25) is 0 Å². The largest absolute Gasteiger partial charge is 0.463 e. The Kier molecular flexibility index (Phi) is 1.59. The molecule has 5 heteroatoms. The molecule has 0 saturated heterocycles. The molecule has 0 unspecified atom stereocenters. The zero-order valence-corrected chi connectivity index (χ0v) is 11.4. The number of fused-ring (bicyclic) bond motifs is 3. The molecule has 2 aromatic carbocycles. The number of rotatable bonds is 0. The van der Waals surface area contributed by atoms with E-state index < -0.39 is 0 Å². The maximum absolute atomic E-state index is 6.01. The summed E-state index contributed by atoms with van der Waals surface area (Å²) in [7, 11) is 0. The Hall–Kier alpha value is -3.21. The SMILES string of the molecule is c1cc2occn3c4c5c(ccc4n4ccnc43)oc(c1)c25. The number of hydrogen-bond acceptors (Lipinski definition) is 3. The number of benzene rings is 2. The van der Waals surface area contributed by atoms with Crippen LogP contribution < -0.4 is 0 Å². The summed E-state index contributed by atoms with van der Waals surface area (Å²) in [6.07, 6.45) is 7.36. The van der Waals surface area contributed by atoms with Gasteiger partial charge in [-0.15, -0.1) is 0 Å². The molecule has 0 aliphatic rings. The molecule has 0 aliphatic heterocycles. The van der Waals surface area contributed by atoms with Gasteiger partial charge in [-0.3, -0.25) is 8.80 Å². The maximum atomic E-state index is 6.01. The summed E-state index contributed by atoms with van der Waals surface area (Å²) >= 11 is 0. The van der Waals surface area contributed by atoms with Crippen LogP contribution in [0.1, 0.15) is 0 Å². The van der Waals surface area contributed by atoms with Gasteiger partial charge in [0.05, 0.1) is 21.8 Å². The predicted molar refractivity (Wildman–Crippen MR) is 83.2 cm³/mol. The monoisotopic (exact) mass is 287 g/mol. The average Bonchev–Trinajstić information content (AvgIpc) is 3.17. The number of imidazole rings is 2. The Labute approximate surface area is 123 Å². The van der Waals surface area contributed by atoms with Crippen LogP contribution in [0.15, 0.2) is 64.0 Å². The number of furan rings is 1. The summed E-state index contributed by atoms with van der Waals surface area (Å²) in [5.41, 5.74) is 4.69. The summed E-state index contributed by atoms with van der Waals surface area (Å²) in [6, 6.07) is 9.96. The molecule has 6 rings (SSSR count). The standard InChI is InChI=1S/C17H9N3O2/c1-2-11-14-12(3-1)22-13-5-4-10-16(15(13)14)20(8-9-21-11)17-18-6-7-19(10)17/h1-9H. The lowest BCUT2D eigenvalue weighted by Gasteiger charge is -1.98. The van der Waals surface area contributed by atoms with Gasteiger partial charge in [-0.2, -0.15) is 0 Å². The van der Waals surface area contributed by atoms with Gasteiger partial charge in [-0.1, -0.05) is 6.07 Å². The minimum Gasteiger partial charge on any atom is -0.463 e. The van der Waals surface area contributed by atoms with E-state index in [2.05, 4.69) is 15.5 Å². The number of aromatic nitrogens is 3. The van der Waals surface area contributed by atoms with Crippen LogP contribution in [0.25, 0.3) is 44.3 Å². The van der Waals surface area contributed by atoms with Crippen LogP contribution in [-0.4, -0.2) is 13.8 Å². The lowest BCUT2D eigenvalue weighted by atomic mass is 10.1. The van der Waals surface area contributed by atoms with Crippen molar-refractivity contribution in [3.05, 3.63) is 55.2 Å². The second-order valence-electron chi connectivity index (χ2n) is 5.41. The molecule has 6 aromatic rings. The van der Waals surface area contributed by atoms with Gasteiger partial charge >= 0.3 is 0 Å². The van der Waals surface area contributed by atoms with Crippen LogP contribution >= 0.6 is 0 Å². The fraction of sp³-hybridized carbons (Fsp3) is 0. The third-order valence-corrected chi connectivity index (χ3v) is 4.32. The Bertz CT molecular complexity index is 1330. The first-order chi connectivity index (χ1) is 10.9. The van der Waals surface area contributed by atoms with E-state index in [1.807, 2.05) is 41.1 Å². The second-order valence-corrected chi connectivity index (χ2v) is 5.41. The normalized spacial score (nSPS) is 12.5. The first-order valence-corrected chi connectivity index (χ1v) is 7.06. The van der Waals surface area contributed by atoms with Crippen molar-refractivity contribution >= 4 is 44.3 Å². The zero-order chi connectivity index (χ0) is 14.3. The van der Waals surface area contributed by atoms with Crippen molar-refractivity contribution in [1.82, 2.24) is 13.8 Å². The maximum Gasteiger partial charge on any atom is 0.219 e. The van der Waals surface area contributed by atoms with Gasteiger partial charge in [0.2, 0.25) is 5.78 Å². The minimum absolute atomic E-state index is 0.810. The molecular weight excluding hydrogens is 278 g/mol. The van der Waals surface area contributed by atoms with Crippen LogP contribution in [0.4, 0.5) is 0 Å². The number of hydrogen-bond donors (Lipinski definition) is 0. The highest BCUT2D eigenvalue weighted by Gasteiger charge is 2.18. The molecule has 0 fully saturated rings. The Balaban J connectivity index is 2.15.